The average molecular weight is 224 g/mol. The first-order chi connectivity index (χ1) is 6.84. The fourth-order valence-corrected chi connectivity index (χ4v) is 0.889. The maximum atomic E-state index is 11.9. The summed E-state index contributed by atoms with van der Waals surface area (Å²) in [6.07, 6.45) is -4.53. The Bertz CT molecular complexity index is 201. The van der Waals surface area contributed by atoms with Crippen molar-refractivity contribution < 1.29 is 18.7 Å². The molecule has 0 aliphatic rings. The highest BCUT2D eigenvalue weighted by Gasteiger charge is 2.19. The summed E-state index contributed by atoms with van der Waals surface area (Å²) in [5.41, 5.74) is 0. The fourth-order valence-electron chi connectivity index (χ4n) is 0.889. The molecule has 0 aromatic rings. The summed E-state index contributed by atoms with van der Waals surface area (Å²) in [6.45, 7) is 4.86. The van der Waals surface area contributed by atoms with Crippen LogP contribution in [0.15, 0.2) is 0 Å². The molecule has 4 nitrogen and oxygen atoms in total. The van der Waals surface area contributed by atoms with Crippen molar-refractivity contribution in [3.8, 4) is 0 Å². The number of amides is 1. The topological polar surface area (TPSA) is 61.4 Å². The van der Waals surface area contributed by atoms with Gasteiger partial charge in [0, 0.05) is 12.6 Å². The number of aliphatic hydroxyl groups is 1. The summed E-state index contributed by atoms with van der Waals surface area (Å²) >= 11 is 0. The van der Waals surface area contributed by atoms with Crippen LogP contribution < -0.4 is 10.6 Å². The third-order valence-corrected chi connectivity index (χ3v) is 1.75. The molecule has 0 fully saturated rings. The van der Waals surface area contributed by atoms with Gasteiger partial charge in [0.1, 0.15) is 6.10 Å². The molecule has 0 aliphatic carbocycles. The van der Waals surface area contributed by atoms with Crippen LogP contribution in [-0.4, -0.2) is 42.2 Å². The monoisotopic (exact) mass is 224 g/mol. The van der Waals surface area contributed by atoms with E-state index in [1.54, 1.807) is 20.8 Å². The number of carbonyl (C=O) groups is 1. The quantitative estimate of drug-likeness (QED) is 0.600. The van der Waals surface area contributed by atoms with Crippen LogP contribution in [0.1, 0.15) is 20.8 Å². The first-order valence-corrected chi connectivity index (χ1v) is 4.84. The van der Waals surface area contributed by atoms with Crippen molar-refractivity contribution in [1.82, 2.24) is 10.6 Å². The van der Waals surface area contributed by atoms with Gasteiger partial charge in [-0.25, -0.2) is 8.78 Å². The molecule has 2 unspecified atom stereocenters. The van der Waals surface area contributed by atoms with E-state index in [9.17, 15) is 13.6 Å². The van der Waals surface area contributed by atoms with Crippen molar-refractivity contribution in [2.75, 3.05) is 6.54 Å². The highest BCUT2D eigenvalue weighted by atomic mass is 19.3. The lowest BCUT2D eigenvalue weighted by Crippen LogP contribution is -2.47. The number of halogens is 2. The predicted octanol–water partition coefficient (Wildman–Crippen LogP) is 0.115. The molecular weight excluding hydrogens is 206 g/mol. The molecule has 15 heavy (non-hydrogen) atoms. The molecule has 0 saturated carbocycles. The molecule has 90 valence electrons. The molecule has 3 N–H and O–H groups in total. The first kappa shape index (κ1) is 14.2. The van der Waals surface area contributed by atoms with Gasteiger partial charge in [0.25, 0.3) is 6.43 Å². The summed E-state index contributed by atoms with van der Waals surface area (Å²) in [5, 5.41) is 13.9. The number of hydrogen-bond donors (Lipinski definition) is 3. The maximum Gasteiger partial charge on any atom is 0.265 e. The van der Waals surface area contributed by atoms with Crippen molar-refractivity contribution in [1.29, 1.82) is 0 Å². The smallest absolute Gasteiger partial charge is 0.265 e. The number of nitrogens with one attached hydrogen (secondary N) is 2. The van der Waals surface area contributed by atoms with Gasteiger partial charge in [-0.3, -0.25) is 4.79 Å². The van der Waals surface area contributed by atoms with Crippen molar-refractivity contribution in [3.63, 3.8) is 0 Å². The second kappa shape index (κ2) is 6.68. The Balaban J connectivity index is 3.83. The maximum absolute atomic E-state index is 11.9. The van der Waals surface area contributed by atoms with Crippen LogP contribution in [0.5, 0.6) is 0 Å². The Morgan fingerprint density at radius 1 is 1.33 bits per heavy atom. The number of aliphatic hydroxyl groups excluding tert-OH is 1. The van der Waals surface area contributed by atoms with Crippen LogP contribution in [0.2, 0.25) is 0 Å². The van der Waals surface area contributed by atoms with Crippen molar-refractivity contribution in [3.05, 3.63) is 0 Å². The highest BCUT2D eigenvalue weighted by Crippen LogP contribution is 1.99. The molecule has 0 aromatic heterocycles. The lowest BCUT2D eigenvalue weighted by Gasteiger charge is -2.17. The third kappa shape index (κ3) is 6.35. The van der Waals surface area contributed by atoms with E-state index in [2.05, 4.69) is 10.6 Å². The Labute approximate surface area is 88.0 Å². The number of rotatable bonds is 6. The molecule has 6 heteroatoms. The molecule has 0 spiro atoms. The summed E-state index contributed by atoms with van der Waals surface area (Å²) in [5.74, 6) is -0.272. The van der Waals surface area contributed by atoms with Crippen LogP contribution in [0.25, 0.3) is 0 Å². The molecule has 2 atom stereocenters. The van der Waals surface area contributed by atoms with Crippen LogP contribution >= 0.6 is 0 Å². The minimum absolute atomic E-state index is 0.00164. The van der Waals surface area contributed by atoms with Crippen LogP contribution in [0.4, 0.5) is 8.78 Å². The van der Waals surface area contributed by atoms with Crippen LogP contribution in [0, 0.1) is 0 Å². The standard InChI is InChI=1S/C9H18F2N2O2/c1-5(2)13-9(15)6(3)12-4-7(14)8(10)11/h5-8,12,14H,4H2,1-3H3,(H,13,15). The minimum Gasteiger partial charge on any atom is -0.386 e. The molecule has 0 heterocycles. The van der Waals surface area contributed by atoms with Gasteiger partial charge in [0.05, 0.1) is 6.04 Å². The molecule has 0 saturated heterocycles. The van der Waals surface area contributed by atoms with Crippen molar-refractivity contribution in [2.45, 2.75) is 45.4 Å². The second-order valence-electron chi connectivity index (χ2n) is 3.70. The SMILES string of the molecule is CC(C)NC(=O)C(C)NCC(O)C(F)F. The van der Waals surface area contributed by atoms with E-state index in [4.69, 9.17) is 5.11 Å². The van der Waals surface area contributed by atoms with Gasteiger partial charge in [-0.1, -0.05) is 0 Å². The fraction of sp³-hybridized carbons (Fsp3) is 0.889. The average Bonchev–Trinajstić information content (AvgIpc) is 2.12. The Morgan fingerprint density at radius 3 is 2.27 bits per heavy atom. The second-order valence-corrected chi connectivity index (χ2v) is 3.70. The first-order valence-electron chi connectivity index (χ1n) is 4.84. The number of hydrogen-bond acceptors (Lipinski definition) is 3. The molecule has 0 aliphatic heterocycles. The zero-order valence-electron chi connectivity index (χ0n) is 9.13. The van der Waals surface area contributed by atoms with Gasteiger partial charge in [-0.2, -0.15) is 0 Å². The van der Waals surface area contributed by atoms with E-state index < -0.39 is 18.6 Å². The van der Waals surface area contributed by atoms with Crippen molar-refractivity contribution >= 4 is 5.91 Å². The normalized spacial score (nSPS) is 15.5. The zero-order valence-corrected chi connectivity index (χ0v) is 9.13. The lowest BCUT2D eigenvalue weighted by molar-refractivity contribution is -0.123. The van der Waals surface area contributed by atoms with Gasteiger partial charge >= 0.3 is 0 Å². The summed E-state index contributed by atoms with van der Waals surface area (Å²) < 4.78 is 23.8. The van der Waals surface area contributed by atoms with Crippen LogP contribution in [-0.2, 0) is 4.79 Å². The molecule has 0 rings (SSSR count). The van der Waals surface area contributed by atoms with E-state index in [0.29, 0.717) is 0 Å². The van der Waals surface area contributed by atoms with Crippen molar-refractivity contribution in [2.24, 2.45) is 0 Å². The Kier molecular flexibility index (Phi) is 6.35. The van der Waals surface area contributed by atoms with Gasteiger partial charge in [-0.05, 0) is 20.8 Å². The van der Waals surface area contributed by atoms with E-state index in [1.807, 2.05) is 0 Å². The van der Waals surface area contributed by atoms with Gasteiger partial charge in [0.15, 0.2) is 0 Å². The lowest BCUT2D eigenvalue weighted by atomic mass is 10.2. The summed E-state index contributed by atoms with van der Waals surface area (Å²) in [7, 11) is 0. The van der Waals surface area contributed by atoms with Gasteiger partial charge < -0.3 is 15.7 Å². The minimum atomic E-state index is -2.79. The van der Waals surface area contributed by atoms with E-state index >= 15 is 0 Å². The van der Waals surface area contributed by atoms with Gasteiger partial charge in [-0.15, -0.1) is 0 Å². The Hall–Kier alpha value is -0.750. The molecule has 0 bridgehead atoms. The zero-order chi connectivity index (χ0) is 12.0. The number of alkyl halides is 2. The highest BCUT2D eigenvalue weighted by molar-refractivity contribution is 5.81. The molecule has 0 aromatic carbocycles. The largest absolute Gasteiger partial charge is 0.386 e. The third-order valence-electron chi connectivity index (χ3n) is 1.75. The summed E-state index contributed by atoms with van der Waals surface area (Å²) in [4.78, 5) is 11.3. The molecule has 1 amide bonds. The van der Waals surface area contributed by atoms with E-state index in [-0.39, 0.29) is 18.5 Å². The van der Waals surface area contributed by atoms with Crippen LogP contribution in [0.3, 0.4) is 0 Å². The van der Waals surface area contributed by atoms with E-state index in [0.717, 1.165) is 0 Å². The molecular formula is C9H18F2N2O2. The van der Waals surface area contributed by atoms with Gasteiger partial charge in [0.2, 0.25) is 5.91 Å². The predicted molar refractivity (Wildman–Crippen MR) is 52.8 cm³/mol. The summed E-state index contributed by atoms with van der Waals surface area (Å²) in [6, 6.07) is -0.595. The number of carbonyl (C=O) groups excluding carboxylic acids is 1. The molecule has 0 radical (unpaired) electrons. The van der Waals surface area contributed by atoms with E-state index in [1.165, 1.54) is 0 Å². The Morgan fingerprint density at radius 2 is 1.87 bits per heavy atom.